The maximum Gasteiger partial charge on any atom is 0.407 e. The number of imidazole rings is 2. The molecule has 5 atom stereocenters. The van der Waals surface area contributed by atoms with Crippen molar-refractivity contribution < 1.29 is 33.7 Å². The second-order valence-electron chi connectivity index (χ2n) is 16.2. The summed E-state index contributed by atoms with van der Waals surface area (Å²) in [6.07, 6.45) is 3.19. The van der Waals surface area contributed by atoms with E-state index in [0.29, 0.717) is 25.5 Å². The van der Waals surface area contributed by atoms with Crippen molar-refractivity contribution in [2.45, 2.75) is 90.6 Å². The van der Waals surface area contributed by atoms with Crippen LogP contribution in [0.25, 0.3) is 44.2 Å². The van der Waals surface area contributed by atoms with Gasteiger partial charge in [0.1, 0.15) is 30.0 Å². The van der Waals surface area contributed by atoms with Gasteiger partial charge in [-0.05, 0) is 78.5 Å². The second-order valence-corrected chi connectivity index (χ2v) is 16.2. The van der Waals surface area contributed by atoms with Crippen LogP contribution in [0.1, 0.15) is 82.7 Å². The van der Waals surface area contributed by atoms with E-state index >= 15 is 0 Å². The van der Waals surface area contributed by atoms with Crippen molar-refractivity contribution in [3.63, 3.8) is 0 Å². The molecule has 15 nitrogen and oxygen atoms in total. The number of nitrogens with one attached hydrogen (secondary N) is 4. The van der Waals surface area contributed by atoms with Gasteiger partial charge in [-0.25, -0.2) is 14.8 Å². The number of methoxy groups -OCH3 is 2. The molecule has 2 aromatic heterocycles. The summed E-state index contributed by atoms with van der Waals surface area (Å²) in [5.41, 5.74) is 6.66. The third-order valence-corrected chi connectivity index (χ3v) is 11.9. The van der Waals surface area contributed by atoms with Crippen molar-refractivity contribution in [3.8, 4) is 28.1 Å². The van der Waals surface area contributed by atoms with E-state index in [1.165, 1.54) is 14.2 Å². The van der Waals surface area contributed by atoms with Crippen LogP contribution < -0.4 is 15.4 Å². The Hall–Kier alpha value is -5.51. The predicted octanol–water partition coefficient (Wildman–Crippen LogP) is 5.91. The quantitative estimate of drug-likeness (QED) is 0.101. The lowest BCUT2D eigenvalue weighted by molar-refractivity contribution is -0.145. The number of nitrogens with zero attached hydrogens (tertiary/aromatic N) is 4. The third-order valence-electron chi connectivity index (χ3n) is 11.9. The highest BCUT2D eigenvalue weighted by Crippen LogP contribution is 2.45. The summed E-state index contributed by atoms with van der Waals surface area (Å²) in [6.45, 7) is 9.27. The van der Waals surface area contributed by atoms with Gasteiger partial charge in [0.2, 0.25) is 18.2 Å². The molecule has 0 bridgehead atoms. The minimum absolute atomic E-state index is 0.0612. The van der Waals surface area contributed by atoms with E-state index < -0.39 is 24.6 Å². The Morgan fingerprint density at radius 2 is 1.53 bits per heavy atom. The SMILES string of the molecule is COC(=O)N[C@H](C(=O)N1CCCC1c1ncc(-c2ccc3c(c2)COc2c-3ccc3c2ccc2[nH]c([C@@H]4CCCN4C(=O)[C@@H](NC(O)OC)C(C)C)nc23)[nH]1)C(C)C. The molecule has 306 valence electrons. The van der Waals surface area contributed by atoms with Crippen LogP contribution in [-0.2, 0) is 25.7 Å². The van der Waals surface area contributed by atoms with Gasteiger partial charge in [-0.1, -0.05) is 45.9 Å². The van der Waals surface area contributed by atoms with Crippen molar-refractivity contribution in [1.29, 1.82) is 0 Å². The lowest BCUT2D eigenvalue weighted by Gasteiger charge is -2.31. The summed E-state index contributed by atoms with van der Waals surface area (Å²) in [6, 6.07) is 12.9. The molecule has 58 heavy (non-hydrogen) atoms. The molecule has 5 aromatic rings. The molecule has 3 aromatic carbocycles. The van der Waals surface area contributed by atoms with Crippen LogP contribution in [0.2, 0.25) is 0 Å². The first kappa shape index (κ1) is 39.3. The number of aliphatic hydroxyl groups is 1. The highest BCUT2D eigenvalue weighted by atomic mass is 16.6. The maximum atomic E-state index is 13.8. The van der Waals surface area contributed by atoms with Crippen molar-refractivity contribution in [3.05, 3.63) is 65.9 Å². The van der Waals surface area contributed by atoms with Gasteiger partial charge in [-0.2, -0.15) is 0 Å². The topological polar surface area (TPSA) is 187 Å². The van der Waals surface area contributed by atoms with Gasteiger partial charge in [-0.15, -0.1) is 0 Å². The number of hydrogen-bond donors (Lipinski definition) is 5. The van der Waals surface area contributed by atoms with E-state index in [9.17, 15) is 19.5 Å². The van der Waals surface area contributed by atoms with Gasteiger partial charge in [0, 0.05) is 36.5 Å². The number of likely N-dealkylation sites (tertiary alicyclic amines) is 2. The number of benzene rings is 3. The summed E-state index contributed by atoms with van der Waals surface area (Å²) in [5.74, 6) is 1.85. The minimum atomic E-state index is -1.24. The number of aromatic amines is 2. The molecule has 2 saturated heterocycles. The first-order valence-electron chi connectivity index (χ1n) is 20.2. The molecular formula is C43H52N8O7. The van der Waals surface area contributed by atoms with E-state index in [0.717, 1.165) is 87.0 Å². The molecule has 0 saturated carbocycles. The molecule has 2 fully saturated rings. The summed E-state index contributed by atoms with van der Waals surface area (Å²) in [4.78, 5) is 59.9. The van der Waals surface area contributed by atoms with E-state index in [-0.39, 0.29) is 35.7 Å². The van der Waals surface area contributed by atoms with Gasteiger partial charge < -0.3 is 44.4 Å². The molecule has 15 heteroatoms. The molecule has 8 rings (SSSR count). The van der Waals surface area contributed by atoms with Gasteiger partial charge in [0.15, 0.2) is 0 Å². The number of ether oxygens (including phenoxy) is 3. The van der Waals surface area contributed by atoms with Crippen molar-refractivity contribution >= 4 is 39.7 Å². The van der Waals surface area contributed by atoms with E-state index in [1.54, 1.807) is 0 Å². The van der Waals surface area contributed by atoms with Crippen LogP contribution in [0.5, 0.6) is 5.75 Å². The van der Waals surface area contributed by atoms with Gasteiger partial charge in [-0.3, -0.25) is 14.9 Å². The number of carbonyl (C=O) groups excluding carboxylic acids is 3. The van der Waals surface area contributed by atoms with Crippen molar-refractivity contribution in [2.24, 2.45) is 11.8 Å². The fraction of sp³-hybridized carbons (Fsp3) is 0.465. The highest BCUT2D eigenvalue weighted by molar-refractivity contribution is 6.09. The fourth-order valence-corrected chi connectivity index (χ4v) is 8.80. The molecule has 5 N–H and O–H groups in total. The number of alkyl carbamates (subject to hydrolysis) is 1. The zero-order valence-corrected chi connectivity index (χ0v) is 33.8. The summed E-state index contributed by atoms with van der Waals surface area (Å²) in [5, 5.41) is 17.6. The normalized spacial score (nSPS) is 19.3. The predicted molar refractivity (Wildman–Crippen MR) is 217 cm³/mol. The number of H-pyrrole nitrogens is 2. The van der Waals surface area contributed by atoms with Gasteiger partial charge in [0.25, 0.3) is 0 Å². The largest absolute Gasteiger partial charge is 0.488 e. The fourth-order valence-electron chi connectivity index (χ4n) is 8.80. The number of aromatic nitrogens is 4. The Labute approximate surface area is 336 Å². The molecule has 0 radical (unpaired) electrons. The van der Waals surface area contributed by atoms with Crippen LogP contribution >= 0.6 is 0 Å². The third kappa shape index (κ3) is 7.15. The van der Waals surface area contributed by atoms with E-state index in [1.807, 2.05) is 49.8 Å². The van der Waals surface area contributed by atoms with Crippen molar-refractivity contribution in [2.75, 3.05) is 27.3 Å². The average Bonchev–Trinajstić information content (AvgIpc) is 4.06. The maximum absolute atomic E-state index is 13.8. The number of fused-ring (bicyclic) bond motifs is 7. The molecule has 0 spiro atoms. The van der Waals surface area contributed by atoms with Crippen LogP contribution in [0.4, 0.5) is 4.79 Å². The summed E-state index contributed by atoms with van der Waals surface area (Å²) < 4.78 is 16.3. The molecule has 3 aliphatic rings. The number of aliphatic hydroxyl groups excluding tert-OH is 1. The lowest BCUT2D eigenvalue weighted by Crippen LogP contribution is -2.52. The number of hydrogen-bond acceptors (Lipinski definition) is 10. The Bertz CT molecular complexity index is 2350. The molecule has 3 aliphatic heterocycles. The molecule has 2 unspecified atom stereocenters. The zero-order valence-electron chi connectivity index (χ0n) is 33.8. The Kier molecular flexibility index (Phi) is 10.9. The monoisotopic (exact) mass is 792 g/mol. The first-order chi connectivity index (χ1) is 28.0. The Morgan fingerprint density at radius 1 is 0.862 bits per heavy atom. The lowest BCUT2D eigenvalue weighted by atomic mass is 9.92. The van der Waals surface area contributed by atoms with Gasteiger partial charge >= 0.3 is 6.09 Å². The first-order valence-corrected chi connectivity index (χ1v) is 20.2. The highest BCUT2D eigenvalue weighted by Gasteiger charge is 2.39. The molecule has 3 amide bonds. The van der Waals surface area contributed by atoms with Crippen LogP contribution in [-0.4, -0.2) is 98.6 Å². The van der Waals surface area contributed by atoms with Crippen LogP contribution in [0, 0.1) is 11.8 Å². The summed E-state index contributed by atoms with van der Waals surface area (Å²) in [7, 11) is 2.68. The molecular weight excluding hydrogens is 741 g/mol. The summed E-state index contributed by atoms with van der Waals surface area (Å²) >= 11 is 0. The Balaban J connectivity index is 1.03. The van der Waals surface area contributed by atoms with Gasteiger partial charge in [0.05, 0.1) is 48.2 Å². The number of amides is 3. The van der Waals surface area contributed by atoms with Crippen LogP contribution in [0.3, 0.4) is 0 Å². The zero-order chi connectivity index (χ0) is 40.8. The smallest absolute Gasteiger partial charge is 0.407 e. The van der Waals surface area contributed by atoms with E-state index in [2.05, 4.69) is 57.0 Å². The number of rotatable bonds is 11. The standard InChI is InChI=1S/C43H52N8O7/c1-22(2)34(48-42(54)56-5)40(52)50-17-7-9-32(50)38-44-20-31(46-38)24-11-12-26-25(19-24)21-58-37-28(26)14-13-27-29(37)15-16-30-36(27)47-39(45-30)33-10-8-18-51(33)41(53)35(23(3)4)49-43(55)57-6/h11-16,19-20,22-23,32-35,43,49,55H,7-10,17-18,21H2,1-6H3,(H,44,46)(H,45,47)(H,48,54)/t32?,33-,34-,35-,43?/m0/s1. The van der Waals surface area contributed by atoms with Crippen LogP contribution in [0.15, 0.2) is 48.7 Å². The molecule has 0 aliphatic carbocycles. The van der Waals surface area contributed by atoms with E-state index in [4.69, 9.17) is 24.2 Å². The minimum Gasteiger partial charge on any atom is -0.488 e. The van der Waals surface area contributed by atoms with Crippen molar-refractivity contribution in [1.82, 2.24) is 40.4 Å². The average molecular weight is 793 g/mol. The second kappa shape index (κ2) is 16.0. The molecule has 5 heterocycles. The Morgan fingerprint density at radius 3 is 2.22 bits per heavy atom. The number of carbonyl (C=O) groups is 3.